The number of carbonyl (C=O) groups excluding carboxylic acids is 2. The van der Waals surface area contributed by atoms with Crippen molar-refractivity contribution in [3.63, 3.8) is 0 Å². The highest BCUT2D eigenvalue weighted by molar-refractivity contribution is 9.10. The number of methoxy groups -OCH3 is 1. The maximum Gasteiger partial charge on any atom is 0.376 e. The van der Waals surface area contributed by atoms with Crippen molar-refractivity contribution < 1.29 is 28.2 Å². The van der Waals surface area contributed by atoms with Crippen LogP contribution < -0.4 is 4.90 Å². The predicted molar refractivity (Wildman–Crippen MR) is 112 cm³/mol. The molecule has 0 saturated carbocycles. The van der Waals surface area contributed by atoms with Crippen LogP contribution in [-0.4, -0.2) is 56.4 Å². The first kappa shape index (κ1) is 23.3. The van der Waals surface area contributed by atoms with Crippen molar-refractivity contribution in [3.05, 3.63) is 22.5 Å². The predicted octanol–water partition coefficient (Wildman–Crippen LogP) is 3.95. The molecule has 3 rings (SSSR count). The molecule has 0 radical (unpaired) electrons. The third-order valence-corrected chi connectivity index (χ3v) is 4.95. The van der Waals surface area contributed by atoms with Crippen LogP contribution in [0.3, 0.4) is 0 Å². The number of carbonyl (C=O) groups is 2. The van der Waals surface area contributed by atoms with Crippen LogP contribution in [0.15, 0.2) is 21.2 Å². The quantitative estimate of drug-likeness (QED) is 0.446. The molecular weight excluding hydrogens is 444 g/mol. The van der Waals surface area contributed by atoms with Gasteiger partial charge in [-0.15, -0.1) is 0 Å². The summed E-state index contributed by atoms with van der Waals surface area (Å²) < 4.78 is 21.7. The largest absolute Gasteiger partial charge is 0.460 e. The molecule has 1 fully saturated rings. The SMILES string of the molecule is CCOC.CCOC(=O)c1oc2ncc(Br)cc2c1N(C=O)C1COC(CC)C1. The molecule has 0 aliphatic carbocycles. The van der Waals surface area contributed by atoms with Crippen molar-refractivity contribution in [3.8, 4) is 0 Å². The van der Waals surface area contributed by atoms with E-state index in [1.165, 1.54) is 4.90 Å². The summed E-state index contributed by atoms with van der Waals surface area (Å²) in [4.78, 5) is 29.9. The lowest BCUT2D eigenvalue weighted by molar-refractivity contribution is -0.107. The Balaban J connectivity index is 0.000000687. The Kier molecular flexibility index (Phi) is 9.06. The number of amides is 1. The fourth-order valence-corrected chi connectivity index (χ4v) is 3.35. The van der Waals surface area contributed by atoms with Crippen molar-refractivity contribution in [2.24, 2.45) is 0 Å². The summed E-state index contributed by atoms with van der Waals surface area (Å²) in [6, 6.07) is 1.60. The van der Waals surface area contributed by atoms with Crippen LogP contribution in [0, 0.1) is 0 Å². The van der Waals surface area contributed by atoms with Gasteiger partial charge in [-0.05, 0) is 48.7 Å². The second kappa shape index (κ2) is 11.3. The van der Waals surface area contributed by atoms with Gasteiger partial charge in [0.05, 0.1) is 30.7 Å². The van der Waals surface area contributed by atoms with E-state index >= 15 is 0 Å². The van der Waals surface area contributed by atoms with Crippen LogP contribution in [0.1, 0.15) is 44.2 Å². The van der Waals surface area contributed by atoms with E-state index < -0.39 is 5.97 Å². The molecule has 0 aromatic carbocycles. The highest BCUT2D eigenvalue weighted by Crippen LogP contribution is 2.37. The normalized spacial score (nSPS) is 18.2. The van der Waals surface area contributed by atoms with Gasteiger partial charge < -0.3 is 23.5 Å². The second-order valence-corrected chi connectivity index (χ2v) is 7.27. The van der Waals surface area contributed by atoms with E-state index in [1.54, 1.807) is 26.3 Å². The molecule has 1 amide bonds. The first-order chi connectivity index (χ1) is 14.0. The summed E-state index contributed by atoms with van der Waals surface area (Å²) in [5.41, 5.74) is 0.654. The zero-order chi connectivity index (χ0) is 21.4. The highest BCUT2D eigenvalue weighted by Gasteiger charge is 2.35. The van der Waals surface area contributed by atoms with Crippen molar-refractivity contribution >= 4 is 45.1 Å². The van der Waals surface area contributed by atoms with Gasteiger partial charge in [0, 0.05) is 24.4 Å². The summed E-state index contributed by atoms with van der Waals surface area (Å²) in [5, 5.41) is 0.574. The fourth-order valence-electron chi connectivity index (χ4n) is 3.02. The molecule has 0 N–H and O–H groups in total. The Hall–Kier alpha value is -1.97. The van der Waals surface area contributed by atoms with E-state index in [1.807, 2.05) is 13.8 Å². The summed E-state index contributed by atoms with van der Waals surface area (Å²) in [7, 11) is 1.68. The minimum absolute atomic E-state index is 0.0190. The van der Waals surface area contributed by atoms with Gasteiger partial charge >= 0.3 is 5.97 Å². The lowest BCUT2D eigenvalue weighted by Gasteiger charge is -2.23. The van der Waals surface area contributed by atoms with Gasteiger partial charge in [-0.25, -0.2) is 9.78 Å². The fraction of sp³-hybridized carbons (Fsp3) is 0.550. The summed E-state index contributed by atoms with van der Waals surface area (Å²) in [6.45, 7) is 7.14. The molecule has 0 spiro atoms. The minimum Gasteiger partial charge on any atom is -0.460 e. The van der Waals surface area contributed by atoms with E-state index in [-0.39, 0.29) is 30.2 Å². The number of rotatable bonds is 7. The zero-order valence-electron chi connectivity index (χ0n) is 17.1. The van der Waals surface area contributed by atoms with Crippen molar-refractivity contribution in [2.45, 2.75) is 45.8 Å². The Bertz CT molecular complexity index is 823. The van der Waals surface area contributed by atoms with Crippen LogP contribution in [0.2, 0.25) is 0 Å². The van der Waals surface area contributed by atoms with E-state index in [0.717, 1.165) is 17.5 Å². The molecule has 3 heterocycles. The first-order valence-corrected chi connectivity index (χ1v) is 10.4. The van der Waals surface area contributed by atoms with Gasteiger partial charge in [-0.2, -0.15) is 0 Å². The molecule has 2 aromatic heterocycles. The molecule has 1 saturated heterocycles. The van der Waals surface area contributed by atoms with Crippen molar-refractivity contribution in [1.82, 2.24) is 4.98 Å². The van der Waals surface area contributed by atoms with Crippen LogP contribution >= 0.6 is 15.9 Å². The number of halogens is 1. The minimum atomic E-state index is -0.621. The third kappa shape index (κ3) is 5.55. The molecule has 2 atom stereocenters. The second-order valence-electron chi connectivity index (χ2n) is 6.35. The summed E-state index contributed by atoms with van der Waals surface area (Å²) in [5.74, 6) is -0.640. The Morgan fingerprint density at radius 1 is 1.38 bits per heavy atom. The molecule has 0 bridgehead atoms. The number of hydrogen-bond donors (Lipinski definition) is 0. The van der Waals surface area contributed by atoms with Gasteiger partial charge in [-0.3, -0.25) is 4.79 Å². The molecular formula is C20H27BrN2O6. The lowest BCUT2D eigenvalue weighted by Crippen LogP contribution is -2.35. The molecule has 1 aliphatic rings. The molecule has 2 aromatic rings. The third-order valence-electron chi connectivity index (χ3n) is 4.52. The van der Waals surface area contributed by atoms with Gasteiger partial charge in [0.25, 0.3) is 0 Å². The zero-order valence-corrected chi connectivity index (χ0v) is 18.7. The molecule has 8 nitrogen and oxygen atoms in total. The maximum absolute atomic E-state index is 12.3. The first-order valence-electron chi connectivity index (χ1n) is 9.59. The van der Waals surface area contributed by atoms with Crippen LogP contribution in [0.5, 0.6) is 0 Å². The summed E-state index contributed by atoms with van der Waals surface area (Å²) >= 11 is 3.37. The number of ether oxygens (including phenoxy) is 3. The number of anilines is 1. The van der Waals surface area contributed by atoms with Crippen molar-refractivity contribution in [2.75, 3.05) is 31.8 Å². The number of hydrogen-bond acceptors (Lipinski definition) is 7. The summed E-state index contributed by atoms with van der Waals surface area (Å²) in [6.07, 6.45) is 3.95. The highest BCUT2D eigenvalue weighted by atomic mass is 79.9. The van der Waals surface area contributed by atoms with Crippen LogP contribution in [-0.2, 0) is 19.0 Å². The van der Waals surface area contributed by atoms with Gasteiger partial charge in [0.2, 0.25) is 17.9 Å². The molecule has 2 unspecified atom stereocenters. The molecule has 9 heteroatoms. The average molecular weight is 471 g/mol. The number of nitrogens with zero attached hydrogens (tertiary/aromatic N) is 2. The number of esters is 1. The van der Waals surface area contributed by atoms with Gasteiger partial charge in [-0.1, -0.05) is 6.92 Å². The van der Waals surface area contributed by atoms with E-state index in [0.29, 0.717) is 30.5 Å². The van der Waals surface area contributed by atoms with Crippen molar-refractivity contribution in [1.29, 1.82) is 0 Å². The Labute approximate surface area is 178 Å². The van der Waals surface area contributed by atoms with Gasteiger partial charge in [0.1, 0.15) is 5.69 Å². The van der Waals surface area contributed by atoms with E-state index in [2.05, 4.69) is 25.7 Å². The number of pyridine rings is 1. The average Bonchev–Trinajstić information content (AvgIpc) is 3.34. The maximum atomic E-state index is 12.3. The standard InChI is InChI=1S/C17H19BrN2O5.C3H8O/c1-3-12-6-11(8-24-12)20(9-21)14-13-5-10(18)7-19-16(13)25-15(14)17(22)23-4-2;1-3-4-2/h5,7,9,11-12H,3-4,6,8H2,1-2H3;3H2,1-2H3. The van der Waals surface area contributed by atoms with Crippen LogP contribution in [0.25, 0.3) is 11.1 Å². The smallest absolute Gasteiger partial charge is 0.376 e. The molecule has 29 heavy (non-hydrogen) atoms. The van der Waals surface area contributed by atoms with Gasteiger partial charge in [0.15, 0.2) is 0 Å². The monoisotopic (exact) mass is 470 g/mol. The van der Waals surface area contributed by atoms with E-state index in [9.17, 15) is 9.59 Å². The van der Waals surface area contributed by atoms with Crippen LogP contribution in [0.4, 0.5) is 5.69 Å². The Morgan fingerprint density at radius 2 is 2.10 bits per heavy atom. The lowest BCUT2D eigenvalue weighted by atomic mass is 10.1. The van der Waals surface area contributed by atoms with E-state index in [4.69, 9.17) is 13.9 Å². The number of furan rings is 1. The topological polar surface area (TPSA) is 91.1 Å². The number of aromatic nitrogens is 1. The number of fused-ring (bicyclic) bond motifs is 1. The Morgan fingerprint density at radius 3 is 2.66 bits per heavy atom. The molecule has 160 valence electrons. The molecule has 1 aliphatic heterocycles.